The second-order valence-electron chi connectivity index (χ2n) is 3.67. The van der Waals surface area contributed by atoms with Gasteiger partial charge in [-0.05, 0) is 17.5 Å². The van der Waals surface area contributed by atoms with E-state index >= 15 is 0 Å². The summed E-state index contributed by atoms with van der Waals surface area (Å²) in [5.41, 5.74) is 0. The first-order valence-corrected chi connectivity index (χ1v) is 7.63. The van der Waals surface area contributed by atoms with Gasteiger partial charge in [0, 0.05) is 5.39 Å². The first kappa shape index (κ1) is 21.3. The van der Waals surface area contributed by atoms with Gasteiger partial charge in [-0.3, -0.25) is 4.55 Å². The molecule has 2 aromatic rings. The molecule has 11 heteroatoms. The molecule has 0 saturated heterocycles. The molecule has 1 N–H and O–H groups in total. The first-order valence-electron chi connectivity index (χ1n) is 4.78. The van der Waals surface area contributed by atoms with E-state index in [0.29, 0.717) is 0 Å². The van der Waals surface area contributed by atoms with Crippen molar-refractivity contribution in [2.75, 3.05) is 0 Å². The van der Waals surface area contributed by atoms with Crippen LogP contribution in [0.15, 0.2) is 40.1 Å². The Bertz CT molecular complexity index is 837. The molecule has 102 valence electrons. The van der Waals surface area contributed by atoms with Crippen molar-refractivity contribution in [1.82, 2.24) is 0 Å². The molecule has 0 radical (unpaired) electrons. The van der Waals surface area contributed by atoms with Crippen LogP contribution in [-0.4, -0.2) is 25.9 Å². The summed E-state index contributed by atoms with van der Waals surface area (Å²) in [6, 6.07) is 4.81. The summed E-state index contributed by atoms with van der Waals surface area (Å²) in [5, 5.41) is 10.7. The summed E-state index contributed by atoms with van der Waals surface area (Å²) >= 11 is 0. The molecule has 0 aromatic heterocycles. The predicted molar refractivity (Wildman–Crippen MR) is 61.2 cm³/mol. The van der Waals surface area contributed by atoms with Gasteiger partial charge in [-0.1, -0.05) is 18.2 Å². The molecule has 7 nitrogen and oxygen atoms in total. The van der Waals surface area contributed by atoms with Crippen molar-refractivity contribution in [3.8, 4) is 5.75 Å². The second-order valence-corrected chi connectivity index (χ2v) is 6.41. The maximum Gasteiger partial charge on any atom is 1.00 e. The van der Waals surface area contributed by atoms with Crippen molar-refractivity contribution in [3.63, 3.8) is 0 Å². The predicted octanol–water partition coefficient (Wildman–Crippen LogP) is -5.93. The Kier molecular flexibility index (Phi) is 7.37. The minimum atomic E-state index is -4.99. The van der Waals surface area contributed by atoms with Crippen LogP contribution in [0.3, 0.4) is 0 Å². The SMILES string of the molecule is O=S(=O)([O-])c1cccc2c([O-])ccc(S(=O)(=O)O)c12.[Na+].[Na+]. The van der Waals surface area contributed by atoms with Crippen LogP contribution >= 0.6 is 0 Å². The molecule has 2 rings (SSSR count). The Morgan fingerprint density at radius 3 is 1.95 bits per heavy atom. The van der Waals surface area contributed by atoms with Crippen LogP contribution in [0.1, 0.15) is 0 Å². The van der Waals surface area contributed by atoms with Gasteiger partial charge >= 0.3 is 59.1 Å². The molecule has 0 saturated carbocycles. The van der Waals surface area contributed by atoms with Crippen LogP contribution in [0.2, 0.25) is 0 Å². The van der Waals surface area contributed by atoms with Gasteiger partial charge in [0.1, 0.15) is 15.0 Å². The average Bonchev–Trinajstić information content (AvgIpc) is 2.26. The third-order valence-electron chi connectivity index (χ3n) is 2.47. The number of fused-ring (bicyclic) bond motifs is 1. The fourth-order valence-electron chi connectivity index (χ4n) is 1.74. The minimum Gasteiger partial charge on any atom is -0.872 e. The monoisotopic (exact) mass is 348 g/mol. The van der Waals surface area contributed by atoms with Crippen LogP contribution in [0, 0.1) is 0 Å². The average molecular weight is 348 g/mol. The van der Waals surface area contributed by atoms with Crippen molar-refractivity contribution in [2.24, 2.45) is 0 Å². The fourth-order valence-corrected chi connectivity index (χ4v) is 3.24. The number of rotatable bonds is 2. The van der Waals surface area contributed by atoms with E-state index in [1.54, 1.807) is 0 Å². The Labute approximate surface area is 165 Å². The van der Waals surface area contributed by atoms with Gasteiger partial charge in [-0.2, -0.15) is 8.42 Å². The van der Waals surface area contributed by atoms with E-state index in [1.165, 1.54) is 6.07 Å². The smallest absolute Gasteiger partial charge is 0.872 e. The molecule has 2 aromatic carbocycles. The van der Waals surface area contributed by atoms with Gasteiger partial charge in [0.05, 0.1) is 4.90 Å². The van der Waals surface area contributed by atoms with Gasteiger partial charge in [0.25, 0.3) is 10.1 Å². The van der Waals surface area contributed by atoms with Crippen LogP contribution in [-0.2, 0) is 20.2 Å². The van der Waals surface area contributed by atoms with Crippen LogP contribution in [0.25, 0.3) is 10.8 Å². The molecule has 0 aliphatic heterocycles. The molecule has 0 heterocycles. The summed E-state index contributed by atoms with van der Waals surface area (Å²) in [4.78, 5) is -1.66. The zero-order valence-corrected chi connectivity index (χ0v) is 16.7. The standard InChI is InChI=1S/C10H8O7S2.2Na/c11-7-4-5-9(19(15,16)17)10-6(7)2-1-3-8(10)18(12,13)14;;/h1-5,11H,(H,12,13,14)(H,15,16,17);;/q;2*+1/p-2. The quantitative estimate of drug-likeness (QED) is 0.422. The van der Waals surface area contributed by atoms with Gasteiger partial charge in [-0.15, -0.1) is 5.75 Å². The van der Waals surface area contributed by atoms with Gasteiger partial charge in [-0.25, -0.2) is 8.42 Å². The van der Waals surface area contributed by atoms with E-state index in [0.717, 1.165) is 24.3 Å². The second kappa shape index (κ2) is 7.26. The zero-order chi connectivity index (χ0) is 14.4. The summed E-state index contributed by atoms with van der Waals surface area (Å²) in [5.74, 6) is -0.659. The van der Waals surface area contributed by atoms with Gasteiger partial charge in [0.2, 0.25) is 0 Å². The summed E-state index contributed by atoms with van der Waals surface area (Å²) in [6.07, 6.45) is 0. The molecule has 0 aliphatic rings. The normalized spacial score (nSPS) is 11.5. The Morgan fingerprint density at radius 2 is 1.48 bits per heavy atom. The van der Waals surface area contributed by atoms with E-state index in [9.17, 15) is 26.5 Å². The Morgan fingerprint density at radius 1 is 0.905 bits per heavy atom. The molecular formula is C10H6Na2O7S2. The largest absolute Gasteiger partial charge is 1.00 e. The summed E-state index contributed by atoms with van der Waals surface area (Å²) in [6.45, 7) is 0. The van der Waals surface area contributed by atoms with Gasteiger partial charge < -0.3 is 9.66 Å². The zero-order valence-electron chi connectivity index (χ0n) is 11.1. The van der Waals surface area contributed by atoms with Crippen molar-refractivity contribution in [1.29, 1.82) is 0 Å². The van der Waals surface area contributed by atoms with Crippen molar-refractivity contribution < 1.29 is 90.2 Å². The molecule has 0 fully saturated rings. The van der Waals surface area contributed by atoms with Crippen LogP contribution in [0.4, 0.5) is 0 Å². The molecule has 0 unspecified atom stereocenters. The number of hydrogen-bond donors (Lipinski definition) is 1. The maximum atomic E-state index is 11.6. The van der Waals surface area contributed by atoms with E-state index in [2.05, 4.69) is 0 Å². The van der Waals surface area contributed by atoms with E-state index < -0.39 is 41.2 Å². The number of hydrogen-bond acceptors (Lipinski definition) is 6. The van der Waals surface area contributed by atoms with E-state index in [4.69, 9.17) is 4.55 Å². The van der Waals surface area contributed by atoms with E-state index in [1.807, 2.05) is 0 Å². The number of benzene rings is 2. The molecule has 0 atom stereocenters. The maximum absolute atomic E-state index is 11.6. The summed E-state index contributed by atoms with van der Waals surface area (Å²) < 4.78 is 64.7. The van der Waals surface area contributed by atoms with Gasteiger partial charge in [0.15, 0.2) is 0 Å². The molecule has 0 spiro atoms. The van der Waals surface area contributed by atoms with Crippen LogP contribution in [0.5, 0.6) is 5.75 Å². The van der Waals surface area contributed by atoms with Crippen molar-refractivity contribution >= 4 is 31.0 Å². The molecule has 0 bridgehead atoms. The van der Waals surface area contributed by atoms with E-state index in [-0.39, 0.29) is 64.5 Å². The fraction of sp³-hybridized carbons (Fsp3) is 0. The topological polar surface area (TPSA) is 135 Å². The van der Waals surface area contributed by atoms with Crippen LogP contribution < -0.4 is 64.2 Å². The molecule has 0 aliphatic carbocycles. The molecule has 0 amide bonds. The third kappa shape index (κ3) is 4.41. The first-order chi connectivity index (χ1) is 8.62. The Balaban J connectivity index is 0.00000200. The Hall–Kier alpha value is 0.320. The van der Waals surface area contributed by atoms with Crippen molar-refractivity contribution in [3.05, 3.63) is 30.3 Å². The summed E-state index contributed by atoms with van der Waals surface area (Å²) in [7, 11) is -9.76. The third-order valence-corrected chi connectivity index (χ3v) is 4.25. The minimum absolute atomic E-state index is 0. The molecular weight excluding hydrogens is 342 g/mol. The van der Waals surface area contributed by atoms with Crippen molar-refractivity contribution in [2.45, 2.75) is 9.79 Å². The molecule has 21 heavy (non-hydrogen) atoms.